The van der Waals surface area contributed by atoms with Crippen LogP contribution < -0.4 is 5.32 Å². The van der Waals surface area contributed by atoms with Crippen molar-refractivity contribution < 1.29 is 14.7 Å². The van der Waals surface area contributed by atoms with E-state index in [1.54, 1.807) is 0 Å². The van der Waals surface area contributed by atoms with Crippen LogP contribution in [0.1, 0.15) is 36.4 Å². The summed E-state index contributed by atoms with van der Waals surface area (Å²) in [5.74, 6) is -1.49. The van der Waals surface area contributed by atoms with Crippen LogP contribution in [0.15, 0.2) is 6.20 Å². The molecule has 0 aliphatic heterocycles. The lowest BCUT2D eigenvalue weighted by molar-refractivity contribution is -0.144. The Bertz CT molecular complexity index is 379. The van der Waals surface area contributed by atoms with Crippen LogP contribution in [0.25, 0.3) is 0 Å². The average Bonchev–Trinajstić information content (AvgIpc) is 2.70. The van der Waals surface area contributed by atoms with Crippen molar-refractivity contribution >= 4 is 23.4 Å². The lowest BCUT2D eigenvalue weighted by Gasteiger charge is -2.25. The first kappa shape index (κ1) is 12.6. The number of aromatic nitrogens is 2. The van der Waals surface area contributed by atoms with Crippen LogP contribution in [-0.4, -0.2) is 32.1 Å². The fourth-order valence-electron chi connectivity index (χ4n) is 1.30. The minimum absolute atomic E-state index is 0.309. The minimum Gasteiger partial charge on any atom is -0.480 e. The van der Waals surface area contributed by atoms with Crippen LogP contribution in [0.3, 0.4) is 0 Å². The molecule has 7 heteroatoms. The Hall–Kier alpha value is -1.50. The highest BCUT2D eigenvalue weighted by Gasteiger charge is 2.34. The molecule has 1 amide bonds. The van der Waals surface area contributed by atoms with E-state index in [0.717, 1.165) is 11.5 Å². The van der Waals surface area contributed by atoms with Gasteiger partial charge in [-0.05, 0) is 24.9 Å². The van der Waals surface area contributed by atoms with Gasteiger partial charge in [-0.25, -0.2) is 4.79 Å². The minimum atomic E-state index is -1.24. The summed E-state index contributed by atoms with van der Waals surface area (Å²) in [5.41, 5.74) is -1.24. The van der Waals surface area contributed by atoms with Crippen LogP contribution >= 0.6 is 11.5 Å². The van der Waals surface area contributed by atoms with Gasteiger partial charge in [0.15, 0.2) is 0 Å². The normalized spacial score (nSPS) is 14.1. The van der Waals surface area contributed by atoms with Gasteiger partial charge in [-0.3, -0.25) is 4.79 Å². The second-order valence-electron chi connectivity index (χ2n) is 3.62. The first-order chi connectivity index (χ1) is 7.49. The number of carboxylic acids is 1. The van der Waals surface area contributed by atoms with Gasteiger partial charge >= 0.3 is 5.97 Å². The summed E-state index contributed by atoms with van der Waals surface area (Å²) < 4.78 is 3.55. The van der Waals surface area contributed by atoms with Crippen LogP contribution in [0.2, 0.25) is 0 Å². The van der Waals surface area contributed by atoms with Crippen molar-refractivity contribution in [3.8, 4) is 0 Å². The van der Waals surface area contributed by atoms with E-state index in [-0.39, 0.29) is 0 Å². The molecule has 0 aliphatic carbocycles. The van der Waals surface area contributed by atoms with Gasteiger partial charge in [0, 0.05) is 0 Å². The molecule has 88 valence electrons. The van der Waals surface area contributed by atoms with Gasteiger partial charge in [0.05, 0.1) is 6.20 Å². The average molecular weight is 243 g/mol. The number of rotatable bonds is 5. The van der Waals surface area contributed by atoms with E-state index in [9.17, 15) is 9.59 Å². The first-order valence-corrected chi connectivity index (χ1v) is 5.60. The molecule has 0 bridgehead atoms. The summed E-state index contributed by atoms with van der Waals surface area (Å²) in [7, 11) is 0. The third-order valence-corrected chi connectivity index (χ3v) is 2.86. The van der Waals surface area contributed by atoms with Crippen molar-refractivity contribution in [3.05, 3.63) is 11.1 Å². The second kappa shape index (κ2) is 5.02. The largest absolute Gasteiger partial charge is 0.480 e. The number of hydrogen-bond donors (Lipinski definition) is 2. The standard InChI is InChI=1S/C9H13N3O3S/c1-3-4-9(2,8(14)15)11-7(13)6-5-10-12-16-6/h5H,3-4H2,1-2H3,(H,11,13)(H,14,15). The van der Waals surface area contributed by atoms with Crippen molar-refractivity contribution in [2.75, 3.05) is 0 Å². The van der Waals surface area contributed by atoms with E-state index in [2.05, 4.69) is 14.9 Å². The number of carbonyl (C=O) groups is 2. The van der Waals surface area contributed by atoms with Crippen molar-refractivity contribution in [2.45, 2.75) is 32.2 Å². The fraction of sp³-hybridized carbons (Fsp3) is 0.556. The Morgan fingerprint density at radius 2 is 2.31 bits per heavy atom. The topological polar surface area (TPSA) is 92.2 Å². The lowest BCUT2D eigenvalue weighted by atomic mass is 9.96. The molecule has 0 radical (unpaired) electrons. The van der Waals surface area contributed by atoms with Crippen molar-refractivity contribution in [2.24, 2.45) is 0 Å². The Balaban J connectivity index is 2.77. The van der Waals surface area contributed by atoms with Crippen molar-refractivity contribution in [1.82, 2.24) is 14.9 Å². The second-order valence-corrected chi connectivity index (χ2v) is 4.41. The Labute approximate surface area is 96.8 Å². The molecule has 0 fully saturated rings. The number of nitrogens with one attached hydrogen (secondary N) is 1. The molecule has 1 unspecified atom stereocenters. The van der Waals surface area contributed by atoms with Gasteiger partial charge in [-0.15, -0.1) is 5.10 Å². The van der Waals surface area contributed by atoms with Crippen LogP contribution in [0, 0.1) is 0 Å². The number of carboxylic acid groups (broad SMARTS) is 1. The molecular weight excluding hydrogens is 230 g/mol. The molecule has 0 aromatic carbocycles. The Morgan fingerprint density at radius 3 is 2.75 bits per heavy atom. The van der Waals surface area contributed by atoms with E-state index in [1.165, 1.54) is 13.1 Å². The van der Waals surface area contributed by atoms with Gasteiger partial charge in [-0.1, -0.05) is 17.8 Å². The summed E-state index contributed by atoms with van der Waals surface area (Å²) in [6.07, 6.45) is 2.36. The molecule has 16 heavy (non-hydrogen) atoms. The number of nitrogens with zero attached hydrogens (tertiary/aromatic N) is 2. The van der Waals surface area contributed by atoms with Gasteiger partial charge in [0.2, 0.25) is 0 Å². The van der Waals surface area contributed by atoms with Crippen LogP contribution in [-0.2, 0) is 4.79 Å². The molecule has 6 nitrogen and oxygen atoms in total. The number of aliphatic carboxylic acids is 1. The summed E-state index contributed by atoms with van der Waals surface area (Å²) in [6, 6.07) is 0. The number of amides is 1. The highest BCUT2D eigenvalue weighted by atomic mass is 32.1. The molecule has 0 saturated carbocycles. The van der Waals surface area contributed by atoms with E-state index in [1.807, 2.05) is 6.92 Å². The zero-order chi connectivity index (χ0) is 12.2. The molecular formula is C9H13N3O3S. The summed E-state index contributed by atoms with van der Waals surface area (Å²) in [4.78, 5) is 23.0. The molecule has 1 rings (SSSR count). The Kier molecular flexibility index (Phi) is 3.94. The van der Waals surface area contributed by atoms with E-state index < -0.39 is 17.4 Å². The third kappa shape index (κ3) is 2.75. The van der Waals surface area contributed by atoms with E-state index in [0.29, 0.717) is 17.7 Å². The quantitative estimate of drug-likeness (QED) is 0.802. The predicted octanol–water partition coefficient (Wildman–Crippen LogP) is 0.911. The molecule has 0 spiro atoms. The predicted molar refractivity (Wildman–Crippen MR) is 58.3 cm³/mol. The SMILES string of the molecule is CCCC(C)(NC(=O)c1cnns1)C(=O)O. The summed E-state index contributed by atoms with van der Waals surface area (Å²) in [6.45, 7) is 3.35. The molecule has 1 atom stereocenters. The molecule has 1 aromatic rings. The highest BCUT2D eigenvalue weighted by molar-refractivity contribution is 7.07. The number of carbonyl (C=O) groups excluding carboxylic acids is 1. The van der Waals surface area contributed by atoms with Gasteiger partial charge in [0.1, 0.15) is 10.4 Å². The van der Waals surface area contributed by atoms with E-state index in [4.69, 9.17) is 5.11 Å². The zero-order valence-electron chi connectivity index (χ0n) is 9.06. The lowest BCUT2D eigenvalue weighted by Crippen LogP contribution is -2.51. The maximum Gasteiger partial charge on any atom is 0.329 e. The number of hydrogen-bond acceptors (Lipinski definition) is 5. The summed E-state index contributed by atoms with van der Waals surface area (Å²) >= 11 is 0.935. The van der Waals surface area contributed by atoms with Crippen LogP contribution in [0.5, 0.6) is 0 Å². The first-order valence-electron chi connectivity index (χ1n) is 4.83. The maximum atomic E-state index is 11.7. The van der Waals surface area contributed by atoms with Gasteiger partial charge in [-0.2, -0.15) is 0 Å². The maximum absolute atomic E-state index is 11.7. The molecule has 0 aliphatic rings. The van der Waals surface area contributed by atoms with Crippen molar-refractivity contribution in [1.29, 1.82) is 0 Å². The molecule has 1 heterocycles. The third-order valence-electron chi connectivity index (χ3n) is 2.20. The smallest absolute Gasteiger partial charge is 0.329 e. The monoisotopic (exact) mass is 243 g/mol. The zero-order valence-corrected chi connectivity index (χ0v) is 9.87. The molecule has 1 aromatic heterocycles. The summed E-state index contributed by atoms with van der Waals surface area (Å²) in [5, 5.41) is 15.1. The van der Waals surface area contributed by atoms with Crippen LogP contribution in [0.4, 0.5) is 0 Å². The fourth-order valence-corrected chi connectivity index (χ4v) is 1.71. The highest BCUT2D eigenvalue weighted by Crippen LogP contribution is 2.14. The Morgan fingerprint density at radius 1 is 1.62 bits per heavy atom. The van der Waals surface area contributed by atoms with Crippen molar-refractivity contribution in [3.63, 3.8) is 0 Å². The van der Waals surface area contributed by atoms with E-state index >= 15 is 0 Å². The van der Waals surface area contributed by atoms with Gasteiger partial charge < -0.3 is 10.4 Å². The molecule has 2 N–H and O–H groups in total. The van der Waals surface area contributed by atoms with Gasteiger partial charge in [0.25, 0.3) is 5.91 Å². The molecule has 0 saturated heterocycles.